The number of hydrogen-bond acceptors (Lipinski definition) is 2. The van der Waals surface area contributed by atoms with Crippen molar-refractivity contribution in [1.82, 2.24) is 10.2 Å². The number of likely N-dealkylation sites (tertiary alicyclic amines) is 1. The second-order valence-electron chi connectivity index (χ2n) is 6.44. The van der Waals surface area contributed by atoms with Crippen molar-refractivity contribution in [2.75, 3.05) is 32.7 Å². The minimum Gasteiger partial charge on any atom is -0.317 e. The van der Waals surface area contributed by atoms with Crippen LogP contribution in [-0.4, -0.2) is 37.6 Å². The monoisotopic (exact) mass is 276 g/mol. The van der Waals surface area contributed by atoms with Gasteiger partial charge in [-0.25, -0.2) is 4.39 Å². The highest BCUT2D eigenvalue weighted by Crippen LogP contribution is 2.23. The van der Waals surface area contributed by atoms with Crippen LogP contribution in [0.5, 0.6) is 0 Å². The predicted molar refractivity (Wildman–Crippen MR) is 80.2 cm³/mol. The van der Waals surface area contributed by atoms with E-state index < -0.39 is 0 Å². The molecule has 0 radical (unpaired) electrons. The third kappa shape index (κ3) is 3.80. The topological polar surface area (TPSA) is 15.3 Å². The predicted octanol–water partition coefficient (Wildman–Crippen LogP) is 2.69. The molecule has 1 unspecified atom stereocenters. The van der Waals surface area contributed by atoms with Gasteiger partial charge in [0.2, 0.25) is 0 Å². The van der Waals surface area contributed by atoms with E-state index in [-0.39, 0.29) is 5.82 Å². The lowest BCUT2D eigenvalue weighted by Gasteiger charge is -2.27. The maximum atomic E-state index is 12.9. The molecule has 3 rings (SSSR count). The van der Waals surface area contributed by atoms with Gasteiger partial charge in [0.1, 0.15) is 5.82 Å². The van der Waals surface area contributed by atoms with E-state index in [0.717, 1.165) is 18.3 Å². The van der Waals surface area contributed by atoms with Gasteiger partial charge in [-0.2, -0.15) is 0 Å². The van der Waals surface area contributed by atoms with Crippen LogP contribution in [-0.2, 0) is 6.42 Å². The van der Waals surface area contributed by atoms with Crippen molar-refractivity contribution in [3.8, 4) is 0 Å². The van der Waals surface area contributed by atoms with Crippen molar-refractivity contribution in [3.63, 3.8) is 0 Å². The van der Waals surface area contributed by atoms with Crippen LogP contribution in [0.2, 0.25) is 0 Å². The highest BCUT2D eigenvalue weighted by molar-refractivity contribution is 5.16. The Balaban J connectivity index is 1.45. The first-order valence-electron chi connectivity index (χ1n) is 7.97. The Morgan fingerprint density at radius 2 is 1.80 bits per heavy atom. The van der Waals surface area contributed by atoms with E-state index in [0.29, 0.717) is 0 Å². The molecule has 3 heteroatoms. The molecule has 1 aromatic rings. The van der Waals surface area contributed by atoms with E-state index >= 15 is 0 Å². The van der Waals surface area contributed by atoms with Crippen LogP contribution in [0.25, 0.3) is 0 Å². The minimum atomic E-state index is -0.132. The zero-order chi connectivity index (χ0) is 13.8. The van der Waals surface area contributed by atoms with Crippen LogP contribution in [0, 0.1) is 17.7 Å². The summed E-state index contributed by atoms with van der Waals surface area (Å²) >= 11 is 0. The van der Waals surface area contributed by atoms with Gasteiger partial charge in [-0.15, -0.1) is 0 Å². The SMILES string of the molecule is Fc1ccc(CC2CCN(CC3CCNCC3)C2)cc1. The van der Waals surface area contributed by atoms with Crippen LogP contribution in [0.15, 0.2) is 24.3 Å². The average molecular weight is 276 g/mol. The summed E-state index contributed by atoms with van der Waals surface area (Å²) < 4.78 is 12.9. The van der Waals surface area contributed by atoms with Gasteiger partial charge in [0, 0.05) is 13.1 Å². The van der Waals surface area contributed by atoms with Crippen LogP contribution in [0.4, 0.5) is 4.39 Å². The van der Waals surface area contributed by atoms with Crippen LogP contribution in [0.3, 0.4) is 0 Å². The lowest BCUT2D eigenvalue weighted by Crippen LogP contribution is -2.35. The van der Waals surface area contributed by atoms with E-state index in [1.54, 1.807) is 12.1 Å². The highest BCUT2D eigenvalue weighted by atomic mass is 19.1. The molecule has 2 heterocycles. The van der Waals surface area contributed by atoms with Crippen molar-refractivity contribution in [3.05, 3.63) is 35.6 Å². The molecule has 2 saturated heterocycles. The summed E-state index contributed by atoms with van der Waals surface area (Å²) in [6.45, 7) is 6.13. The normalized spacial score (nSPS) is 25.1. The van der Waals surface area contributed by atoms with E-state index in [1.165, 1.54) is 57.5 Å². The molecule has 1 atom stereocenters. The Hall–Kier alpha value is -0.930. The summed E-state index contributed by atoms with van der Waals surface area (Å²) in [5.74, 6) is 1.51. The molecule has 1 aromatic carbocycles. The number of nitrogens with zero attached hydrogens (tertiary/aromatic N) is 1. The number of rotatable bonds is 4. The minimum absolute atomic E-state index is 0.132. The standard InChI is InChI=1S/C17H25FN2/c18-17-3-1-14(2-4-17)11-16-7-10-20(13-16)12-15-5-8-19-9-6-15/h1-4,15-16,19H,5-13H2. The summed E-state index contributed by atoms with van der Waals surface area (Å²) in [4.78, 5) is 2.64. The summed E-state index contributed by atoms with van der Waals surface area (Å²) in [5.41, 5.74) is 1.28. The Labute approximate surface area is 121 Å². The number of hydrogen-bond donors (Lipinski definition) is 1. The number of nitrogens with one attached hydrogen (secondary N) is 1. The second-order valence-corrected chi connectivity index (χ2v) is 6.44. The van der Waals surface area contributed by atoms with E-state index in [4.69, 9.17) is 0 Å². The van der Waals surface area contributed by atoms with Gasteiger partial charge in [0.05, 0.1) is 0 Å². The first kappa shape index (κ1) is 14.0. The fourth-order valence-electron chi connectivity index (χ4n) is 3.63. The Morgan fingerprint density at radius 1 is 1.05 bits per heavy atom. The molecule has 2 nitrogen and oxygen atoms in total. The smallest absolute Gasteiger partial charge is 0.123 e. The van der Waals surface area contributed by atoms with Crippen molar-refractivity contribution in [1.29, 1.82) is 0 Å². The van der Waals surface area contributed by atoms with Gasteiger partial charge in [-0.3, -0.25) is 0 Å². The molecule has 20 heavy (non-hydrogen) atoms. The van der Waals surface area contributed by atoms with Crippen molar-refractivity contribution >= 4 is 0 Å². The molecule has 2 fully saturated rings. The molecule has 0 aliphatic carbocycles. The van der Waals surface area contributed by atoms with Crippen molar-refractivity contribution < 1.29 is 4.39 Å². The van der Waals surface area contributed by atoms with Crippen molar-refractivity contribution in [2.45, 2.75) is 25.7 Å². The summed E-state index contributed by atoms with van der Waals surface area (Å²) in [7, 11) is 0. The third-order valence-corrected chi connectivity index (χ3v) is 4.78. The zero-order valence-corrected chi connectivity index (χ0v) is 12.2. The average Bonchev–Trinajstić information content (AvgIpc) is 2.90. The molecule has 2 aliphatic rings. The summed E-state index contributed by atoms with van der Waals surface area (Å²) in [5, 5.41) is 3.44. The first-order chi connectivity index (χ1) is 9.79. The fourth-order valence-corrected chi connectivity index (χ4v) is 3.63. The van der Waals surface area contributed by atoms with E-state index in [9.17, 15) is 4.39 Å². The van der Waals surface area contributed by atoms with E-state index in [1.807, 2.05) is 12.1 Å². The Morgan fingerprint density at radius 3 is 2.55 bits per heavy atom. The second kappa shape index (κ2) is 6.68. The van der Waals surface area contributed by atoms with Crippen LogP contribution in [0.1, 0.15) is 24.8 Å². The fraction of sp³-hybridized carbons (Fsp3) is 0.647. The quantitative estimate of drug-likeness (QED) is 0.909. The third-order valence-electron chi connectivity index (χ3n) is 4.78. The molecule has 1 N–H and O–H groups in total. The molecule has 0 saturated carbocycles. The van der Waals surface area contributed by atoms with Gasteiger partial charge in [0.15, 0.2) is 0 Å². The van der Waals surface area contributed by atoms with Gasteiger partial charge >= 0.3 is 0 Å². The molecule has 0 spiro atoms. The lowest BCUT2D eigenvalue weighted by atomic mass is 9.97. The van der Waals surface area contributed by atoms with Gasteiger partial charge in [0.25, 0.3) is 0 Å². The Bertz CT molecular complexity index is 412. The molecule has 0 bridgehead atoms. The lowest BCUT2D eigenvalue weighted by molar-refractivity contribution is 0.234. The number of benzene rings is 1. The maximum Gasteiger partial charge on any atom is 0.123 e. The molecule has 0 amide bonds. The largest absolute Gasteiger partial charge is 0.317 e. The van der Waals surface area contributed by atoms with Crippen molar-refractivity contribution in [2.24, 2.45) is 11.8 Å². The Kier molecular flexibility index (Phi) is 4.69. The molecular formula is C17H25FN2. The van der Waals surface area contributed by atoms with Gasteiger partial charge < -0.3 is 10.2 Å². The molecular weight excluding hydrogens is 251 g/mol. The van der Waals surface area contributed by atoms with Crippen LogP contribution < -0.4 is 5.32 Å². The first-order valence-corrected chi connectivity index (χ1v) is 7.97. The molecule has 2 aliphatic heterocycles. The summed E-state index contributed by atoms with van der Waals surface area (Å²) in [6.07, 6.45) is 5.06. The molecule has 0 aromatic heterocycles. The maximum absolute atomic E-state index is 12.9. The molecule has 110 valence electrons. The van der Waals surface area contributed by atoms with Crippen LogP contribution >= 0.6 is 0 Å². The number of piperidine rings is 1. The van der Waals surface area contributed by atoms with Gasteiger partial charge in [-0.05, 0) is 74.8 Å². The number of halogens is 1. The highest BCUT2D eigenvalue weighted by Gasteiger charge is 2.25. The summed E-state index contributed by atoms with van der Waals surface area (Å²) in [6, 6.07) is 7.03. The zero-order valence-electron chi connectivity index (χ0n) is 12.2. The van der Waals surface area contributed by atoms with E-state index in [2.05, 4.69) is 10.2 Å². The van der Waals surface area contributed by atoms with Gasteiger partial charge in [-0.1, -0.05) is 12.1 Å².